The van der Waals surface area contributed by atoms with Crippen LogP contribution in [0.2, 0.25) is 5.02 Å². The van der Waals surface area contributed by atoms with Crippen LogP contribution in [0.15, 0.2) is 60.8 Å². The fourth-order valence-corrected chi connectivity index (χ4v) is 3.94. The Labute approximate surface area is 199 Å². The molecule has 0 saturated carbocycles. The molecule has 0 unspecified atom stereocenters. The van der Waals surface area contributed by atoms with Gasteiger partial charge in [-0.25, -0.2) is 9.97 Å². The second-order valence-corrected chi connectivity index (χ2v) is 8.39. The summed E-state index contributed by atoms with van der Waals surface area (Å²) in [5.41, 5.74) is 3.27. The van der Waals surface area contributed by atoms with Crippen LogP contribution in [-0.4, -0.2) is 72.1 Å². The van der Waals surface area contributed by atoms with Crippen LogP contribution in [0.4, 0.5) is 11.6 Å². The third-order valence-corrected chi connectivity index (χ3v) is 5.92. The van der Waals surface area contributed by atoms with Crippen LogP contribution in [0.3, 0.4) is 0 Å². The van der Waals surface area contributed by atoms with Gasteiger partial charge in [0.2, 0.25) is 5.95 Å². The van der Waals surface area contributed by atoms with E-state index in [1.165, 1.54) is 0 Å². The van der Waals surface area contributed by atoms with E-state index >= 15 is 0 Å². The number of carbonyl (C=O) groups is 1. The van der Waals surface area contributed by atoms with Crippen LogP contribution < -0.4 is 5.32 Å². The number of nitrogens with zero attached hydrogens (tertiary/aromatic N) is 4. The number of anilines is 2. The Bertz CT molecular complexity index is 1050. The molecule has 172 valence electrons. The molecule has 1 N–H and O–H groups in total. The van der Waals surface area contributed by atoms with Crippen LogP contribution in [0.1, 0.15) is 16.8 Å². The van der Waals surface area contributed by atoms with Gasteiger partial charge in [0.25, 0.3) is 5.91 Å². The Hall–Kier alpha value is -3.00. The Morgan fingerprint density at radius 1 is 1.03 bits per heavy atom. The van der Waals surface area contributed by atoms with Crippen molar-refractivity contribution in [1.82, 2.24) is 19.8 Å². The first-order valence-electron chi connectivity index (χ1n) is 11.1. The van der Waals surface area contributed by atoms with Crippen LogP contribution in [0, 0.1) is 0 Å². The van der Waals surface area contributed by atoms with Crippen molar-refractivity contribution in [2.24, 2.45) is 0 Å². The standard InChI is InChI=1S/C25H28ClN5O2/c1-33-18-2-13-30-14-16-31(17-15-30)24(32)20-5-9-22(10-6-20)28-25-27-12-11-23(29-25)19-3-7-21(26)8-4-19/h3-12H,2,13-18H2,1H3,(H,27,28,29). The van der Waals surface area contributed by atoms with E-state index < -0.39 is 0 Å². The zero-order chi connectivity index (χ0) is 23.0. The second-order valence-electron chi connectivity index (χ2n) is 7.95. The monoisotopic (exact) mass is 465 g/mol. The summed E-state index contributed by atoms with van der Waals surface area (Å²) < 4.78 is 5.12. The Balaban J connectivity index is 1.34. The van der Waals surface area contributed by atoms with Crippen molar-refractivity contribution >= 4 is 29.1 Å². The molecule has 0 bridgehead atoms. The van der Waals surface area contributed by atoms with E-state index in [0.717, 1.165) is 62.7 Å². The summed E-state index contributed by atoms with van der Waals surface area (Å²) in [6.07, 6.45) is 2.73. The van der Waals surface area contributed by atoms with Gasteiger partial charge in [0, 0.05) is 74.5 Å². The van der Waals surface area contributed by atoms with Crippen LogP contribution in [-0.2, 0) is 4.74 Å². The van der Waals surface area contributed by atoms with Gasteiger partial charge < -0.3 is 15.0 Å². The molecule has 1 amide bonds. The van der Waals surface area contributed by atoms with E-state index in [4.69, 9.17) is 16.3 Å². The lowest BCUT2D eigenvalue weighted by molar-refractivity contribution is 0.0624. The third kappa shape index (κ3) is 6.28. The fourth-order valence-electron chi connectivity index (χ4n) is 3.82. The molecule has 1 aliphatic heterocycles. The predicted molar refractivity (Wildman–Crippen MR) is 131 cm³/mol. The smallest absolute Gasteiger partial charge is 0.253 e. The Morgan fingerprint density at radius 3 is 2.45 bits per heavy atom. The van der Waals surface area contributed by atoms with Gasteiger partial charge in [-0.3, -0.25) is 9.69 Å². The minimum Gasteiger partial charge on any atom is -0.385 e. The van der Waals surface area contributed by atoms with E-state index in [1.54, 1.807) is 13.3 Å². The van der Waals surface area contributed by atoms with Crippen molar-refractivity contribution < 1.29 is 9.53 Å². The van der Waals surface area contributed by atoms with Crippen molar-refractivity contribution in [3.05, 3.63) is 71.4 Å². The molecule has 2 heterocycles. The highest BCUT2D eigenvalue weighted by molar-refractivity contribution is 6.30. The quantitative estimate of drug-likeness (QED) is 0.499. The summed E-state index contributed by atoms with van der Waals surface area (Å²) in [4.78, 5) is 26.1. The van der Waals surface area contributed by atoms with Crippen LogP contribution >= 0.6 is 11.6 Å². The molecule has 0 spiro atoms. The van der Waals surface area contributed by atoms with Gasteiger partial charge in [0.15, 0.2) is 0 Å². The number of amides is 1. The maximum atomic E-state index is 12.9. The summed E-state index contributed by atoms with van der Waals surface area (Å²) >= 11 is 5.97. The predicted octanol–water partition coefficient (Wildman–Crippen LogP) is 4.33. The van der Waals surface area contributed by atoms with E-state index in [9.17, 15) is 4.79 Å². The summed E-state index contributed by atoms with van der Waals surface area (Å²) in [6, 6.07) is 16.8. The molecule has 4 rings (SSSR count). The molecule has 3 aromatic rings. The van der Waals surface area contributed by atoms with Crippen molar-refractivity contribution in [2.75, 3.05) is 51.8 Å². The molecule has 33 heavy (non-hydrogen) atoms. The minimum absolute atomic E-state index is 0.0686. The van der Waals surface area contributed by atoms with E-state index in [0.29, 0.717) is 16.5 Å². The number of hydrogen-bond acceptors (Lipinski definition) is 6. The lowest BCUT2D eigenvalue weighted by Gasteiger charge is -2.34. The van der Waals surface area contributed by atoms with Gasteiger partial charge in [0.05, 0.1) is 5.69 Å². The maximum Gasteiger partial charge on any atom is 0.253 e. The lowest BCUT2D eigenvalue weighted by atomic mass is 10.1. The van der Waals surface area contributed by atoms with E-state index in [2.05, 4.69) is 20.2 Å². The fraction of sp³-hybridized carbons (Fsp3) is 0.320. The number of piperazine rings is 1. The number of ether oxygens (including phenoxy) is 1. The number of halogens is 1. The normalized spacial score (nSPS) is 14.3. The number of nitrogens with one attached hydrogen (secondary N) is 1. The first-order chi connectivity index (χ1) is 16.1. The first kappa shape index (κ1) is 23.2. The van der Waals surface area contributed by atoms with Crippen LogP contribution in [0.25, 0.3) is 11.3 Å². The molecule has 0 radical (unpaired) electrons. The number of aromatic nitrogens is 2. The van der Waals surface area contributed by atoms with Crippen molar-refractivity contribution in [2.45, 2.75) is 6.42 Å². The molecule has 8 heteroatoms. The summed E-state index contributed by atoms with van der Waals surface area (Å²) in [5.74, 6) is 0.560. The highest BCUT2D eigenvalue weighted by Crippen LogP contribution is 2.22. The van der Waals surface area contributed by atoms with Crippen LogP contribution in [0.5, 0.6) is 0 Å². The second kappa shape index (κ2) is 11.2. The van der Waals surface area contributed by atoms with Crippen molar-refractivity contribution in [3.8, 4) is 11.3 Å². The zero-order valence-electron chi connectivity index (χ0n) is 18.7. The third-order valence-electron chi connectivity index (χ3n) is 5.67. The average molecular weight is 466 g/mol. The molecule has 1 aliphatic rings. The molecule has 1 aromatic heterocycles. The molecule has 1 fully saturated rings. The zero-order valence-corrected chi connectivity index (χ0v) is 19.5. The minimum atomic E-state index is 0.0686. The number of methoxy groups -OCH3 is 1. The highest BCUT2D eigenvalue weighted by atomic mass is 35.5. The van der Waals surface area contributed by atoms with Gasteiger partial charge in [-0.2, -0.15) is 0 Å². The summed E-state index contributed by atoms with van der Waals surface area (Å²) in [6.45, 7) is 5.08. The van der Waals surface area contributed by atoms with Gasteiger partial charge >= 0.3 is 0 Å². The Kier molecular flexibility index (Phi) is 7.88. The Morgan fingerprint density at radius 2 is 1.76 bits per heavy atom. The molecular weight excluding hydrogens is 438 g/mol. The topological polar surface area (TPSA) is 70.6 Å². The van der Waals surface area contributed by atoms with Gasteiger partial charge in [-0.1, -0.05) is 23.7 Å². The average Bonchev–Trinajstić information content (AvgIpc) is 2.85. The number of hydrogen-bond donors (Lipinski definition) is 1. The molecule has 7 nitrogen and oxygen atoms in total. The molecule has 2 aromatic carbocycles. The molecule has 1 saturated heterocycles. The van der Waals surface area contributed by atoms with Gasteiger partial charge in [-0.15, -0.1) is 0 Å². The summed E-state index contributed by atoms with van der Waals surface area (Å²) in [5, 5.41) is 3.90. The summed E-state index contributed by atoms with van der Waals surface area (Å²) in [7, 11) is 1.73. The van der Waals surface area contributed by atoms with Crippen molar-refractivity contribution in [3.63, 3.8) is 0 Å². The molecule has 0 atom stereocenters. The first-order valence-corrected chi connectivity index (χ1v) is 11.5. The highest BCUT2D eigenvalue weighted by Gasteiger charge is 2.21. The SMILES string of the molecule is COCCCN1CCN(C(=O)c2ccc(Nc3nccc(-c4ccc(Cl)cc4)n3)cc2)CC1. The van der Waals surface area contributed by atoms with E-state index in [1.807, 2.05) is 59.5 Å². The molecular formula is C25H28ClN5O2. The number of carbonyl (C=O) groups excluding carboxylic acids is 1. The van der Waals surface area contributed by atoms with Gasteiger partial charge in [0.1, 0.15) is 0 Å². The molecule has 0 aliphatic carbocycles. The number of benzene rings is 2. The largest absolute Gasteiger partial charge is 0.385 e. The van der Waals surface area contributed by atoms with Gasteiger partial charge in [-0.05, 0) is 48.9 Å². The van der Waals surface area contributed by atoms with E-state index in [-0.39, 0.29) is 5.91 Å². The maximum absolute atomic E-state index is 12.9. The lowest BCUT2D eigenvalue weighted by Crippen LogP contribution is -2.48. The van der Waals surface area contributed by atoms with Crippen molar-refractivity contribution in [1.29, 1.82) is 0 Å². The number of rotatable bonds is 8.